The Labute approximate surface area is 129 Å². The highest BCUT2D eigenvalue weighted by atomic mass is 16.4. The van der Waals surface area contributed by atoms with Crippen LogP contribution in [0.2, 0.25) is 0 Å². The summed E-state index contributed by atoms with van der Waals surface area (Å²) in [5.74, 6) is -1.94. The lowest BCUT2D eigenvalue weighted by Crippen LogP contribution is -2.41. The summed E-state index contributed by atoms with van der Waals surface area (Å²) in [6.45, 7) is 5.51. The molecule has 0 saturated heterocycles. The normalized spacial score (nSPS) is 12.3. The molecule has 0 heterocycles. The van der Waals surface area contributed by atoms with E-state index in [-0.39, 0.29) is 17.9 Å². The predicted octanol–water partition coefficient (Wildman–Crippen LogP) is 1.48. The van der Waals surface area contributed by atoms with Crippen molar-refractivity contribution >= 4 is 17.8 Å². The molecule has 1 rings (SSSR count). The van der Waals surface area contributed by atoms with Crippen molar-refractivity contribution in [1.29, 1.82) is 0 Å². The first-order valence-corrected chi connectivity index (χ1v) is 7.03. The van der Waals surface area contributed by atoms with Crippen LogP contribution >= 0.6 is 0 Å². The summed E-state index contributed by atoms with van der Waals surface area (Å²) in [4.78, 5) is 34.7. The highest BCUT2D eigenvalue weighted by Gasteiger charge is 2.22. The maximum atomic E-state index is 11.8. The van der Waals surface area contributed by atoms with Gasteiger partial charge in [0.15, 0.2) is 6.04 Å². The Kier molecular flexibility index (Phi) is 6.10. The summed E-state index contributed by atoms with van der Waals surface area (Å²) < 4.78 is 0. The fourth-order valence-electron chi connectivity index (χ4n) is 1.87. The Hall–Kier alpha value is -2.37. The van der Waals surface area contributed by atoms with E-state index in [1.807, 2.05) is 20.8 Å². The van der Waals surface area contributed by atoms with E-state index in [9.17, 15) is 19.5 Å². The summed E-state index contributed by atoms with van der Waals surface area (Å²) in [7, 11) is 0. The summed E-state index contributed by atoms with van der Waals surface area (Å²) in [5, 5.41) is 14.1. The second kappa shape index (κ2) is 7.59. The van der Waals surface area contributed by atoms with Gasteiger partial charge in [0.25, 0.3) is 0 Å². The third-order valence-electron chi connectivity index (χ3n) is 2.82. The molecule has 0 saturated carbocycles. The second-order valence-corrected chi connectivity index (χ2v) is 6.26. The molecule has 2 amide bonds. The molecule has 0 bridgehead atoms. The van der Waals surface area contributed by atoms with Gasteiger partial charge in [0.1, 0.15) is 0 Å². The maximum absolute atomic E-state index is 11.8. The minimum atomic E-state index is -1.15. The van der Waals surface area contributed by atoms with E-state index >= 15 is 0 Å². The first-order valence-electron chi connectivity index (χ1n) is 7.03. The van der Waals surface area contributed by atoms with Gasteiger partial charge in [-0.2, -0.15) is 0 Å². The Morgan fingerprint density at radius 2 is 1.68 bits per heavy atom. The van der Waals surface area contributed by atoms with Gasteiger partial charge in [0.2, 0.25) is 11.8 Å². The van der Waals surface area contributed by atoms with Gasteiger partial charge in [0, 0.05) is 6.42 Å². The predicted molar refractivity (Wildman–Crippen MR) is 82.0 cm³/mol. The van der Waals surface area contributed by atoms with Crippen molar-refractivity contribution < 1.29 is 19.5 Å². The van der Waals surface area contributed by atoms with E-state index in [1.54, 1.807) is 30.3 Å². The number of carboxylic acid groups (broad SMARTS) is 1. The summed E-state index contributed by atoms with van der Waals surface area (Å²) in [6.07, 6.45) is 0.293. The highest BCUT2D eigenvalue weighted by molar-refractivity contribution is 5.88. The molecule has 0 fully saturated rings. The largest absolute Gasteiger partial charge is 0.479 e. The molecule has 3 N–H and O–H groups in total. The van der Waals surface area contributed by atoms with E-state index in [2.05, 4.69) is 10.6 Å². The van der Waals surface area contributed by atoms with Crippen LogP contribution in [0, 0.1) is 5.41 Å². The van der Waals surface area contributed by atoms with Crippen molar-refractivity contribution in [2.45, 2.75) is 33.2 Å². The van der Waals surface area contributed by atoms with Crippen molar-refractivity contribution in [1.82, 2.24) is 10.6 Å². The molecule has 0 aromatic heterocycles. The van der Waals surface area contributed by atoms with E-state index in [1.165, 1.54) is 0 Å². The van der Waals surface area contributed by atoms with E-state index in [0.29, 0.717) is 12.0 Å². The molecule has 120 valence electrons. The Bertz CT molecular complexity index is 535. The van der Waals surface area contributed by atoms with E-state index in [0.717, 1.165) is 0 Å². The van der Waals surface area contributed by atoms with Crippen LogP contribution in [0.25, 0.3) is 0 Å². The summed E-state index contributed by atoms with van der Waals surface area (Å²) in [5.41, 5.74) is 0.304. The summed E-state index contributed by atoms with van der Waals surface area (Å²) >= 11 is 0. The van der Waals surface area contributed by atoms with Crippen molar-refractivity contribution in [2.75, 3.05) is 6.54 Å². The first-order chi connectivity index (χ1) is 10.2. The zero-order valence-electron chi connectivity index (χ0n) is 13.1. The van der Waals surface area contributed by atoms with Gasteiger partial charge >= 0.3 is 5.97 Å². The van der Waals surface area contributed by atoms with Crippen molar-refractivity contribution in [2.24, 2.45) is 5.41 Å². The van der Waals surface area contributed by atoms with Crippen LogP contribution in [0.5, 0.6) is 0 Å². The molecule has 0 aliphatic rings. The zero-order chi connectivity index (χ0) is 16.8. The molecule has 6 heteroatoms. The number of amides is 2. The Morgan fingerprint density at radius 3 is 2.18 bits per heavy atom. The quantitative estimate of drug-likeness (QED) is 0.742. The minimum absolute atomic E-state index is 0.172. The Balaban J connectivity index is 2.55. The molecule has 6 nitrogen and oxygen atoms in total. The topological polar surface area (TPSA) is 95.5 Å². The average Bonchev–Trinajstić information content (AvgIpc) is 2.41. The molecular weight excluding hydrogens is 284 g/mol. The van der Waals surface area contributed by atoms with Gasteiger partial charge in [-0.05, 0) is 11.0 Å². The van der Waals surface area contributed by atoms with Crippen LogP contribution in [-0.4, -0.2) is 29.4 Å². The number of carbonyl (C=O) groups is 3. The minimum Gasteiger partial charge on any atom is -0.479 e. The van der Waals surface area contributed by atoms with Crippen LogP contribution in [-0.2, 0) is 14.4 Å². The van der Waals surface area contributed by atoms with Crippen LogP contribution in [0.4, 0.5) is 0 Å². The van der Waals surface area contributed by atoms with Crippen molar-refractivity contribution in [3.05, 3.63) is 35.9 Å². The molecule has 1 unspecified atom stereocenters. The third kappa shape index (κ3) is 6.39. The molecule has 0 aliphatic carbocycles. The van der Waals surface area contributed by atoms with Crippen LogP contribution in [0.1, 0.15) is 38.8 Å². The number of benzene rings is 1. The zero-order valence-corrected chi connectivity index (χ0v) is 13.1. The lowest BCUT2D eigenvalue weighted by Gasteiger charge is -2.18. The fraction of sp³-hybridized carbons (Fsp3) is 0.438. The maximum Gasteiger partial charge on any atom is 0.330 e. The van der Waals surface area contributed by atoms with E-state index < -0.39 is 17.9 Å². The molecule has 22 heavy (non-hydrogen) atoms. The van der Waals surface area contributed by atoms with Gasteiger partial charge < -0.3 is 15.7 Å². The summed E-state index contributed by atoms with van der Waals surface area (Å²) in [6, 6.07) is 7.27. The van der Waals surface area contributed by atoms with Gasteiger partial charge in [-0.15, -0.1) is 0 Å². The van der Waals surface area contributed by atoms with Gasteiger partial charge in [-0.25, -0.2) is 4.79 Å². The monoisotopic (exact) mass is 306 g/mol. The molecule has 1 aromatic carbocycles. The number of hydrogen-bond donors (Lipinski definition) is 3. The standard InChI is InChI=1S/C16H22N2O4/c1-16(2,3)9-12(19)17-10-13(20)18-14(15(21)22)11-7-5-4-6-8-11/h4-8,14H,9-10H2,1-3H3,(H,17,19)(H,18,20)(H,21,22). The van der Waals surface area contributed by atoms with Gasteiger partial charge in [0.05, 0.1) is 6.54 Å². The number of aliphatic carboxylic acids is 1. The fourth-order valence-corrected chi connectivity index (χ4v) is 1.87. The van der Waals surface area contributed by atoms with Gasteiger partial charge in [-0.3, -0.25) is 9.59 Å². The Morgan fingerprint density at radius 1 is 1.09 bits per heavy atom. The molecule has 1 atom stereocenters. The molecule has 0 aliphatic heterocycles. The smallest absolute Gasteiger partial charge is 0.330 e. The number of nitrogens with one attached hydrogen (secondary N) is 2. The number of rotatable bonds is 6. The van der Waals surface area contributed by atoms with Crippen molar-refractivity contribution in [3.8, 4) is 0 Å². The molecule has 0 radical (unpaired) electrons. The number of hydrogen-bond acceptors (Lipinski definition) is 3. The van der Waals surface area contributed by atoms with Crippen LogP contribution < -0.4 is 10.6 Å². The van der Waals surface area contributed by atoms with Crippen LogP contribution in [0.15, 0.2) is 30.3 Å². The highest BCUT2D eigenvalue weighted by Crippen LogP contribution is 2.17. The number of carbonyl (C=O) groups excluding carboxylic acids is 2. The molecule has 0 spiro atoms. The SMILES string of the molecule is CC(C)(C)CC(=O)NCC(=O)NC(C(=O)O)c1ccccc1. The second-order valence-electron chi connectivity index (χ2n) is 6.26. The third-order valence-corrected chi connectivity index (χ3v) is 2.82. The molecular formula is C16H22N2O4. The van der Waals surface area contributed by atoms with Crippen molar-refractivity contribution in [3.63, 3.8) is 0 Å². The molecule has 1 aromatic rings. The average molecular weight is 306 g/mol. The lowest BCUT2D eigenvalue weighted by molar-refractivity contribution is -0.142. The first kappa shape index (κ1) is 17.7. The van der Waals surface area contributed by atoms with E-state index in [4.69, 9.17) is 0 Å². The lowest BCUT2D eigenvalue weighted by atomic mass is 9.92. The number of carboxylic acids is 1. The van der Waals surface area contributed by atoms with Crippen LogP contribution in [0.3, 0.4) is 0 Å². The van der Waals surface area contributed by atoms with Gasteiger partial charge in [-0.1, -0.05) is 51.1 Å².